The van der Waals surface area contributed by atoms with Crippen LogP contribution in [0.5, 0.6) is 0 Å². The van der Waals surface area contributed by atoms with Gasteiger partial charge >= 0.3 is 0 Å². The molecular formula is C26H27ClN8O2S. The van der Waals surface area contributed by atoms with E-state index in [0.29, 0.717) is 34.9 Å². The van der Waals surface area contributed by atoms with Crippen molar-refractivity contribution in [2.45, 2.75) is 18.2 Å². The fourth-order valence-corrected chi connectivity index (χ4v) is 4.25. The summed E-state index contributed by atoms with van der Waals surface area (Å²) in [6.07, 6.45) is 4.33. The van der Waals surface area contributed by atoms with Crippen molar-refractivity contribution in [1.82, 2.24) is 19.7 Å². The van der Waals surface area contributed by atoms with Crippen molar-refractivity contribution in [1.29, 1.82) is 0 Å². The number of rotatable bonds is 11. The second-order valence-corrected chi connectivity index (χ2v) is 10.5. The Hall–Kier alpha value is -4.06. The van der Waals surface area contributed by atoms with Gasteiger partial charge in [0.25, 0.3) is 0 Å². The number of nitrogens with one attached hydrogen (secondary N) is 4. The van der Waals surface area contributed by atoms with Crippen LogP contribution in [-0.2, 0) is 16.4 Å². The van der Waals surface area contributed by atoms with E-state index in [4.69, 9.17) is 11.6 Å². The highest BCUT2D eigenvalue weighted by atomic mass is 35.5. The van der Waals surface area contributed by atoms with E-state index >= 15 is 0 Å². The number of benzene rings is 2. The quantitative estimate of drug-likeness (QED) is 0.156. The molecule has 196 valence electrons. The molecule has 12 heteroatoms. The molecule has 0 saturated carbocycles. The molecule has 0 aliphatic rings. The minimum atomic E-state index is -3.51. The van der Waals surface area contributed by atoms with Crippen LogP contribution in [0.15, 0.2) is 89.1 Å². The van der Waals surface area contributed by atoms with Gasteiger partial charge in [0, 0.05) is 35.7 Å². The maximum atomic E-state index is 12.0. The molecule has 0 aliphatic carbocycles. The second kappa shape index (κ2) is 12.5. The van der Waals surface area contributed by atoms with E-state index in [2.05, 4.69) is 40.8 Å². The maximum absolute atomic E-state index is 12.0. The molecule has 2 aromatic heterocycles. The Labute approximate surface area is 226 Å². The molecule has 2 aromatic carbocycles. The van der Waals surface area contributed by atoms with Crippen LogP contribution in [0.3, 0.4) is 0 Å². The molecule has 0 saturated heterocycles. The normalized spacial score (nSPS) is 11.7. The zero-order valence-corrected chi connectivity index (χ0v) is 22.4. The topological polar surface area (TPSA) is 133 Å². The third kappa shape index (κ3) is 7.48. The van der Waals surface area contributed by atoms with Crippen molar-refractivity contribution in [3.05, 3.63) is 95.3 Å². The third-order valence-corrected chi connectivity index (χ3v) is 7.17. The summed E-state index contributed by atoms with van der Waals surface area (Å²) in [7, 11) is -2.13. The number of sulfonamides is 1. The number of hydrogen-bond donors (Lipinski definition) is 4. The SMILES string of the molecule is CNS(=O)(=O)c1ccc(C(C)=NNc2cc(NCCc3ccncc3)nc(Nc3ccc(Cl)cc3)n2)cc1. The molecule has 2 heterocycles. The molecule has 0 radical (unpaired) electrons. The molecule has 0 unspecified atom stereocenters. The van der Waals surface area contributed by atoms with Gasteiger partial charge in [0.05, 0.1) is 10.6 Å². The van der Waals surface area contributed by atoms with E-state index in [1.807, 2.05) is 31.2 Å². The lowest BCUT2D eigenvalue weighted by Gasteiger charge is -2.12. The third-order valence-electron chi connectivity index (χ3n) is 5.48. The molecule has 4 rings (SSSR count). The summed E-state index contributed by atoms with van der Waals surface area (Å²) in [4.78, 5) is 13.3. The van der Waals surface area contributed by atoms with Gasteiger partial charge < -0.3 is 10.6 Å². The molecule has 0 amide bonds. The van der Waals surface area contributed by atoms with Gasteiger partial charge in [-0.15, -0.1) is 0 Å². The van der Waals surface area contributed by atoms with E-state index in [-0.39, 0.29) is 4.90 Å². The molecule has 0 spiro atoms. The van der Waals surface area contributed by atoms with Crippen LogP contribution in [0.2, 0.25) is 5.02 Å². The van der Waals surface area contributed by atoms with Crippen LogP contribution in [-0.4, -0.2) is 42.7 Å². The summed E-state index contributed by atoms with van der Waals surface area (Å²) in [5, 5.41) is 11.6. The summed E-state index contributed by atoms with van der Waals surface area (Å²) in [5.41, 5.74) is 6.33. The molecule has 4 aromatic rings. The Bertz CT molecular complexity index is 1500. The van der Waals surface area contributed by atoms with Crippen LogP contribution in [0.25, 0.3) is 0 Å². The van der Waals surface area contributed by atoms with Gasteiger partial charge in [0.15, 0.2) is 5.82 Å². The molecule has 0 fully saturated rings. The lowest BCUT2D eigenvalue weighted by molar-refractivity contribution is 0.588. The summed E-state index contributed by atoms with van der Waals surface area (Å²) in [6.45, 7) is 2.47. The second-order valence-electron chi connectivity index (χ2n) is 8.17. The van der Waals surface area contributed by atoms with Crippen molar-refractivity contribution in [3.63, 3.8) is 0 Å². The first-order valence-corrected chi connectivity index (χ1v) is 13.6. The average Bonchev–Trinajstić information content (AvgIpc) is 2.93. The van der Waals surface area contributed by atoms with Gasteiger partial charge in [0.2, 0.25) is 16.0 Å². The van der Waals surface area contributed by atoms with Crippen molar-refractivity contribution in [3.8, 4) is 0 Å². The van der Waals surface area contributed by atoms with E-state index in [1.54, 1.807) is 42.7 Å². The zero-order chi connectivity index (χ0) is 27.0. The fraction of sp³-hybridized carbons (Fsp3) is 0.154. The highest BCUT2D eigenvalue weighted by molar-refractivity contribution is 7.89. The molecular weight excluding hydrogens is 524 g/mol. The van der Waals surface area contributed by atoms with Gasteiger partial charge in [-0.2, -0.15) is 15.1 Å². The Kier molecular flexibility index (Phi) is 8.85. The fourth-order valence-electron chi connectivity index (χ4n) is 3.40. The largest absolute Gasteiger partial charge is 0.370 e. The number of nitrogens with zero attached hydrogens (tertiary/aromatic N) is 4. The summed E-state index contributed by atoms with van der Waals surface area (Å²) >= 11 is 6.00. The van der Waals surface area contributed by atoms with Crippen LogP contribution < -0.4 is 20.8 Å². The molecule has 0 bridgehead atoms. The predicted octanol–water partition coefficient (Wildman–Crippen LogP) is 4.67. The van der Waals surface area contributed by atoms with Crippen molar-refractivity contribution >= 4 is 50.6 Å². The molecule has 38 heavy (non-hydrogen) atoms. The minimum Gasteiger partial charge on any atom is -0.370 e. The van der Waals surface area contributed by atoms with E-state index < -0.39 is 10.0 Å². The van der Waals surface area contributed by atoms with Crippen LogP contribution in [0.1, 0.15) is 18.1 Å². The van der Waals surface area contributed by atoms with Gasteiger partial charge in [-0.25, -0.2) is 13.1 Å². The smallest absolute Gasteiger partial charge is 0.240 e. The Morgan fingerprint density at radius 3 is 2.32 bits per heavy atom. The summed E-state index contributed by atoms with van der Waals surface area (Å²) in [6, 6.07) is 19.4. The maximum Gasteiger partial charge on any atom is 0.240 e. The van der Waals surface area contributed by atoms with E-state index in [9.17, 15) is 8.42 Å². The van der Waals surface area contributed by atoms with Crippen molar-refractivity contribution in [2.75, 3.05) is 29.7 Å². The lowest BCUT2D eigenvalue weighted by atomic mass is 10.1. The first kappa shape index (κ1) is 27.0. The standard InChI is InChI=1S/C26H27ClN8O2S/c1-18(20-3-9-23(10-4-20)38(36,37)28-2)34-35-25-17-24(30-16-13-19-11-14-29-15-12-19)32-26(33-25)31-22-7-5-21(27)6-8-22/h3-12,14-15,17,28H,13,16H2,1-2H3,(H3,30,31,32,33,35). The van der Waals surface area contributed by atoms with Crippen LogP contribution >= 0.6 is 11.6 Å². The average molecular weight is 551 g/mol. The number of anilines is 4. The number of hydrogen-bond acceptors (Lipinski definition) is 9. The predicted molar refractivity (Wildman–Crippen MR) is 152 cm³/mol. The zero-order valence-electron chi connectivity index (χ0n) is 20.8. The number of pyridine rings is 1. The van der Waals surface area contributed by atoms with Crippen molar-refractivity contribution in [2.24, 2.45) is 5.10 Å². The van der Waals surface area contributed by atoms with E-state index in [0.717, 1.165) is 23.2 Å². The number of halogens is 1. The monoisotopic (exact) mass is 550 g/mol. The molecule has 4 N–H and O–H groups in total. The number of hydrazone groups is 1. The Morgan fingerprint density at radius 2 is 1.63 bits per heavy atom. The van der Waals surface area contributed by atoms with E-state index in [1.165, 1.54) is 19.2 Å². The molecule has 0 atom stereocenters. The lowest BCUT2D eigenvalue weighted by Crippen LogP contribution is -2.18. The minimum absolute atomic E-state index is 0.181. The Balaban J connectivity index is 1.52. The molecule has 10 nitrogen and oxygen atoms in total. The first-order chi connectivity index (χ1) is 18.3. The van der Waals surface area contributed by atoms with Gasteiger partial charge in [-0.1, -0.05) is 23.7 Å². The summed E-state index contributed by atoms with van der Waals surface area (Å²) in [5.74, 6) is 1.46. The van der Waals surface area contributed by atoms with Crippen LogP contribution in [0.4, 0.5) is 23.3 Å². The van der Waals surface area contributed by atoms with Crippen molar-refractivity contribution < 1.29 is 8.42 Å². The van der Waals surface area contributed by atoms with Crippen LogP contribution in [0, 0.1) is 0 Å². The molecule has 0 aliphatic heterocycles. The highest BCUT2D eigenvalue weighted by Gasteiger charge is 2.11. The van der Waals surface area contributed by atoms with Gasteiger partial charge in [-0.05, 0) is 80.1 Å². The summed E-state index contributed by atoms with van der Waals surface area (Å²) < 4.78 is 26.2. The highest BCUT2D eigenvalue weighted by Crippen LogP contribution is 2.20. The Morgan fingerprint density at radius 1 is 0.947 bits per heavy atom. The van der Waals surface area contributed by atoms with Gasteiger partial charge in [-0.3, -0.25) is 10.4 Å². The van der Waals surface area contributed by atoms with Gasteiger partial charge in [0.1, 0.15) is 5.82 Å². The first-order valence-electron chi connectivity index (χ1n) is 11.7. The number of aromatic nitrogens is 3.